The van der Waals surface area contributed by atoms with Crippen molar-refractivity contribution in [1.29, 1.82) is 0 Å². The number of carbonyl (C=O) groups is 1. The van der Waals surface area contributed by atoms with Crippen LogP contribution in [0, 0.1) is 5.82 Å². The van der Waals surface area contributed by atoms with Crippen molar-refractivity contribution in [3.8, 4) is 5.75 Å². The molecule has 3 nitrogen and oxygen atoms in total. The van der Waals surface area contributed by atoms with Crippen LogP contribution in [0.4, 0.5) is 4.39 Å². The number of carbonyl (C=O) groups excluding carboxylic acids is 1. The number of rotatable bonds is 1. The van der Waals surface area contributed by atoms with Gasteiger partial charge in [-0.05, 0) is 28.1 Å². The lowest BCUT2D eigenvalue weighted by molar-refractivity contribution is 0.0822. The molecule has 1 N–H and O–H groups in total. The van der Waals surface area contributed by atoms with Crippen molar-refractivity contribution in [2.24, 2.45) is 0 Å². The fourth-order valence-electron chi connectivity index (χ4n) is 0.942. The zero-order valence-electron chi connectivity index (χ0n) is 7.71. The molecule has 0 spiro atoms. The Labute approximate surface area is 89.3 Å². The normalized spacial score (nSPS) is 10.0. The van der Waals surface area contributed by atoms with E-state index in [1.54, 1.807) is 0 Å². The van der Waals surface area contributed by atoms with Gasteiger partial charge >= 0.3 is 0 Å². The molecule has 0 heterocycles. The third-order valence-electron chi connectivity index (χ3n) is 1.67. The molecular weight excluding hydrogens is 253 g/mol. The highest BCUT2D eigenvalue weighted by atomic mass is 79.9. The molecule has 0 fully saturated rings. The predicted molar refractivity (Wildman–Crippen MR) is 53.8 cm³/mol. The van der Waals surface area contributed by atoms with E-state index in [9.17, 15) is 14.3 Å². The number of amides is 1. The highest BCUT2D eigenvalue weighted by Crippen LogP contribution is 2.27. The van der Waals surface area contributed by atoms with Gasteiger partial charge in [-0.25, -0.2) is 4.39 Å². The average molecular weight is 262 g/mol. The predicted octanol–water partition coefficient (Wildman–Crippen LogP) is 2.00. The average Bonchev–Trinajstić information content (AvgIpc) is 2.10. The van der Waals surface area contributed by atoms with E-state index in [0.29, 0.717) is 0 Å². The molecule has 0 aliphatic carbocycles. The summed E-state index contributed by atoms with van der Waals surface area (Å²) in [5.74, 6) is -1.30. The smallest absolute Gasteiger partial charge is 0.256 e. The van der Waals surface area contributed by atoms with Gasteiger partial charge in [-0.1, -0.05) is 0 Å². The summed E-state index contributed by atoms with van der Waals surface area (Å²) in [6.07, 6.45) is 0. The van der Waals surface area contributed by atoms with Gasteiger partial charge in [-0.2, -0.15) is 0 Å². The van der Waals surface area contributed by atoms with Crippen molar-refractivity contribution in [2.45, 2.75) is 0 Å². The Balaban J connectivity index is 3.22. The second-order valence-electron chi connectivity index (χ2n) is 2.98. The molecule has 0 aliphatic heterocycles. The van der Waals surface area contributed by atoms with E-state index in [2.05, 4.69) is 15.9 Å². The number of hydrogen-bond acceptors (Lipinski definition) is 2. The van der Waals surface area contributed by atoms with Crippen molar-refractivity contribution in [3.63, 3.8) is 0 Å². The Hall–Kier alpha value is -1.10. The van der Waals surface area contributed by atoms with Crippen LogP contribution in [0.2, 0.25) is 0 Å². The maximum Gasteiger partial charge on any atom is 0.256 e. The molecule has 0 aliphatic rings. The van der Waals surface area contributed by atoms with E-state index >= 15 is 0 Å². The molecule has 1 aromatic rings. The third-order valence-corrected chi connectivity index (χ3v) is 2.31. The summed E-state index contributed by atoms with van der Waals surface area (Å²) in [6.45, 7) is 0. The Kier molecular flexibility index (Phi) is 3.10. The summed E-state index contributed by atoms with van der Waals surface area (Å²) in [7, 11) is 3.03. The van der Waals surface area contributed by atoms with Crippen molar-refractivity contribution in [3.05, 3.63) is 28.0 Å². The first-order chi connectivity index (χ1) is 6.43. The van der Waals surface area contributed by atoms with Gasteiger partial charge in [0, 0.05) is 14.1 Å². The van der Waals surface area contributed by atoms with Crippen LogP contribution >= 0.6 is 15.9 Å². The van der Waals surface area contributed by atoms with Gasteiger partial charge in [0.05, 0.1) is 10.0 Å². The first-order valence-corrected chi connectivity index (χ1v) is 4.62. The van der Waals surface area contributed by atoms with Crippen LogP contribution < -0.4 is 0 Å². The standard InChI is InChI=1S/C9H9BrFNO2/c1-12(2)9(14)5-3-8(13)6(10)4-7(5)11/h3-4,13H,1-2H3. The van der Waals surface area contributed by atoms with Crippen LogP contribution in [-0.2, 0) is 0 Å². The minimum atomic E-state index is -0.659. The molecule has 76 valence electrons. The molecule has 0 bridgehead atoms. The lowest BCUT2D eigenvalue weighted by atomic mass is 10.2. The molecule has 1 rings (SSSR count). The lowest BCUT2D eigenvalue weighted by Crippen LogP contribution is -2.22. The number of phenolic OH excluding ortho intramolecular Hbond substituents is 1. The molecular formula is C9H9BrFNO2. The van der Waals surface area contributed by atoms with Crippen molar-refractivity contribution < 1.29 is 14.3 Å². The lowest BCUT2D eigenvalue weighted by Gasteiger charge is -2.11. The molecule has 0 radical (unpaired) electrons. The number of aromatic hydroxyl groups is 1. The molecule has 1 amide bonds. The van der Waals surface area contributed by atoms with Crippen molar-refractivity contribution in [2.75, 3.05) is 14.1 Å². The van der Waals surface area contributed by atoms with Gasteiger partial charge in [0.2, 0.25) is 0 Å². The highest BCUT2D eigenvalue weighted by Gasteiger charge is 2.15. The molecule has 5 heteroatoms. The van der Waals surface area contributed by atoms with Crippen LogP contribution in [0.5, 0.6) is 5.75 Å². The Morgan fingerprint density at radius 3 is 2.57 bits per heavy atom. The number of nitrogens with zero attached hydrogens (tertiary/aromatic N) is 1. The Bertz CT molecular complexity index is 379. The second-order valence-corrected chi connectivity index (χ2v) is 3.84. The van der Waals surface area contributed by atoms with Crippen molar-refractivity contribution >= 4 is 21.8 Å². The van der Waals surface area contributed by atoms with Gasteiger partial charge in [0.25, 0.3) is 5.91 Å². The van der Waals surface area contributed by atoms with E-state index in [1.807, 2.05) is 0 Å². The summed E-state index contributed by atoms with van der Waals surface area (Å²) in [5, 5.41) is 9.27. The quantitative estimate of drug-likeness (QED) is 0.840. The minimum absolute atomic E-state index is 0.143. The van der Waals surface area contributed by atoms with Crippen LogP contribution in [0.1, 0.15) is 10.4 Å². The monoisotopic (exact) mass is 261 g/mol. The molecule has 0 atom stereocenters. The van der Waals surface area contributed by atoms with Gasteiger partial charge in [0.1, 0.15) is 11.6 Å². The van der Waals surface area contributed by atoms with Crippen LogP contribution in [-0.4, -0.2) is 30.0 Å². The van der Waals surface area contributed by atoms with Gasteiger partial charge in [-0.3, -0.25) is 4.79 Å². The second kappa shape index (κ2) is 3.96. The van der Waals surface area contributed by atoms with E-state index in [4.69, 9.17) is 0 Å². The molecule has 14 heavy (non-hydrogen) atoms. The Morgan fingerprint density at radius 2 is 2.07 bits per heavy atom. The molecule has 0 unspecified atom stereocenters. The summed E-state index contributed by atoms with van der Waals surface area (Å²) >= 11 is 2.95. The molecule has 0 saturated carbocycles. The van der Waals surface area contributed by atoms with Crippen molar-refractivity contribution in [1.82, 2.24) is 4.90 Å². The number of halogens is 2. The summed E-state index contributed by atoms with van der Waals surface area (Å²) in [5.41, 5.74) is -0.143. The highest BCUT2D eigenvalue weighted by molar-refractivity contribution is 9.10. The SMILES string of the molecule is CN(C)C(=O)c1cc(O)c(Br)cc1F. The van der Waals surface area contributed by atoms with E-state index in [0.717, 1.165) is 12.1 Å². The molecule has 0 saturated heterocycles. The maximum absolute atomic E-state index is 13.3. The zero-order chi connectivity index (χ0) is 10.9. The number of phenols is 1. The third kappa shape index (κ3) is 2.04. The van der Waals surface area contributed by atoms with Gasteiger partial charge in [0.15, 0.2) is 0 Å². The summed E-state index contributed by atoms with van der Waals surface area (Å²) < 4.78 is 13.5. The van der Waals surface area contributed by atoms with E-state index in [1.165, 1.54) is 19.0 Å². The van der Waals surface area contributed by atoms with Crippen LogP contribution in [0.15, 0.2) is 16.6 Å². The largest absolute Gasteiger partial charge is 0.507 e. The number of benzene rings is 1. The van der Waals surface area contributed by atoms with Crippen LogP contribution in [0.25, 0.3) is 0 Å². The first kappa shape index (κ1) is 11.0. The summed E-state index contributed by atoms with van der Waals surface area (Å²) in [6, 6.07) is 2.16. The minimum Gasteiger partial charge on any atom is -0.507 e. The maximum atomic E-state index is 13.3. The Morgan fingerprint density at radius 1 is 1.50 bits per heavy atom. The first-order valence-electron chi connectivity index (χ1n) is 3.83. The fraction of sp³-hybridized carbons (Fsp3) is 0.222. The molecule has 0 aromatic heterocycles. The fourth-order valence-corrected chi connectivity index (χ4v) is 1.26. The topological polar surface area (TPSA) is 40.5 Å². The van der Waals surface area contributed by atoms with E-state index < -0.39 is 11.7 Å². The van der Waals surface area contributed by atoms with E-state index in [-0.39, 0.29) is 15.8 Å². The van der Waals surface area contributed by atoms with Gasteiger partial charge < -0.3 is 10.0 Å². The summed E-state index contributed by atoms with van der Waals surface area (Å²) in [4.78, 5) is 12.6. The zero-order valence-corrected chi connectivity index (χ0v) is 9.30. The van der Waals surface area contributed by atoms with Gasteiger partial charge in [-0.15, -0.1) is 0 Å². The molecule has 1 aromatic carbocycles. The van der Waals surface area contributed by atoms with Crippen LogP contribution in [0.3, 0.4) is 0 Å². The number of hydrogen-bond donors (Lipinski definition) is 1.